The van der Waals surface area contributed by atoms with Crippen molar-refractivity contribution in [3.8, 4) is 0 Å². The topological polar surface area (TPSA) is 376 Å². The van der Waals surface area contributed by atoms with Gasteiger partial charge in [0.1, 0.15) is 60.4 Å². The number of nitrogen functional groups attached to an aromatic ring is 2. The van der Waals surface area contributed by atoms with Gasteiger partial charge in [-0.25, -0.2) is 33.7 Å². The van der Waals surface area contributed by atoms with Crippen LogP contribution in [0.25, 0.3) is 11.2 Å². The molecule has 70 heavy (non-hydrogen) atoms. The van der Waals surface area contributed by atoms with Crippen LogP contribution in [0.4, 0.5) is 11.6 Å². The van der Waals surface area contributed by atoms with Crippen molar-refractivity contribution in [1.29, 1.82) is 0 Å². The number of amides is 2. The number of carbonyl (C=O) groups is 3. The number of aromatic nitrogens is 6. The summed E-state index contributed by atoms with van der Waals surface area (Å²) in [5.74, 6) is -2.40. The highest BCUT2D eigenvalue weighted by molar-refractivity contribution is 7.47. The van der Waals surface area contributed by atoms with Crippen molar-refractivity contribution in [3.05, 3.63) is 120 Å². The average Bonchev–Trinajstić information content (AvgIpc) is 4.02. The summed E-state index contributed by atoms with van der Waals surface area (Å²) in [5.41, 5.74) is 12.2. The van der Waals surface area contributed by atoms with Crippen molar-refractivity contribution in [2.24, 2.45) is 0 Å². The minimum Gasteiger partial charge on any atom is -0.455 e. The van der Waals surface area contributed by atoms with Crippen LogP contribution < -0.4 is 27.8 Å². The third-order valence-corrected chi connectivity index (χ3v) is 12.5. The van der Waals surface area contributed by atoms with E-state index in [4.69, 9.17) is 34.7 Å². The first-order valence-corrected chi connectivity index (χ1v) is 24.5. The monoisotopic (exact) mass is 1010 g/mol. The number of phosphoric acid groups is 2. The molecular weight excluding hydrogens is 962 g/mol. The summed E-state index contributed by atoms with van der Waals surface area (Å²) in [6, 6.07) is 16.1. The van der Waals surface area contributed by atoms with Crippen LogP contribution in [0.15, 0.2) is 103 Å². The highest BCUT2D eigenvalue weighted by atomic mass is 31.2. The van der Waals surface area contributed by atoms with E-state index in [-0.39, 0.29) is 48.5 Å². The highest BCUT2D eigenvalue weighted by Crippen LogP contribution is 2.50. The van der Waals surface area contributed by atoms with Gasteiger partial charge in [0.15, 0.2) is 23.8 Å². The van der Waals surface area contributed by atoms with E-state index in [1.165, 1.54) is 23.2 Å². The summed E-state index contributed by atoms with van der Waals surface area (Å²) in [4.78, 5) is 100.0. The van der Waals surface area contributed by atoms with Crippen molar-refractivity contribution in [2.75, 3.05) is 24.7 Å². The molecule has 2 fully saturated rings. The maximum absolute atomic E-state index is 14.5. The summed E-state index contributed by atoms with van der Waals surface area (Å²) in [5, 5.41) is 17.4. The van der Waals surface area contributed by atoms with Gasteiger partial charge in [-0.15, -0.1) is 6.58 Å². The smallest absolute Gasteiger partial charge is 0.455 e. The minimum absolute atomic E-state index is 0.0143. The standard InChI is InChI=1S/C42H50N10O16P2/c1-2-3-14-32(53)48-26(17-24-10-6-4-7-11-24)39(55)49-27(18-25-12-8-5-9-13-25)41(56)67-36-30(66-40(35(36)54)52-23-47-34-37(44)45-22-46-38(34)52)21-64-70(61,62)68-28-19-33(51-16-15-31(43)50-42(51)57)65-29(28)20-63-69(58,59)60/h2,4-13,15-16,22-23,26-30,33,35-36,40,54H,1,3,14,17-21H2,(H,48,53)(H,49,55)(H,61,62)(H2,43,50,57)(H2,44,45,46)(H2,58,59,60)/t26-,27-,28?,29+,30+,33+,35-,36?,40+/m0/s1. The Bertz CT molecular complexity index is 2800. The number of fused-ring (bicyclic) bond motifs is 1. The molecule has 0 radical (unpaired) electrons. The molecule has 2 saturated heterocycles. The molecule has 7 rings (SSSR count). The Morgan fingerprint density at radius 3 is 2.21 bits per heavy atom. The molecule has 2 aliphatic heterocycles. The van der Waals surface area contributed by atoms with Crippen LogP contribution in [-0.2, 0) is 64.1 Å². The molecule has 0 saturated carbocycles. The molecule has 26 nitrogen and oxygen atoms in total. The zero-order valence-corrected chi connectivity index (χ0v) is 38.7. The lowest BCUT2D eigenvalue weighted by Gasteiger charge is -2.27. The Hall–Kier alpha value is -6.28. The van der Waals surface area contributed by atoms with E-state index in [2.05, 4.69) is 41.7 Å². The molecule has 3 unspecified atom stereocenters. The number of benzene rings is 2. The van der Waals surface area contributed by atoms with Crippen molar-refractivity contribution < 1.29 is 71.1 Å². The number of imidazole rings is 1. The first-order chi connectivity index (χ1) is 33.4. The lowest BCUT2D eigenvalue weighted by atomic mass is 10.0. The molecule has 10 atom stereocenters. The van der Waals surface area contributed by atoms with Gasteiger partial charge in [0.2, 0.25) is 11.8 Å². The molecule has 5 heterocycles. The number of hydrogen-bond donors (Lipinski definition) is 8. The second-order valence-corrected chi connectivity index (χ2v) is 18.7. The molecular formula is C42H50N10O16P2. The summed E-state index contributed by atoms with van der Waals surface area (Å²) in [6.07, 6.45) is -5.75. The van der Waals surface area contributed by atoms with Crippen LogP contribution in [0.3, 0.4) is 0 Å². The number of nitrogens with two attached hydrogens (primary N) is 2. The lowest BCUT2D eigenvalue weighted by Crippen LogP contribution is -2.54. The van der Waals surface area contributed by atoms with Crippen LogP contribution in [0.5, 0.6) is 0 Å². The molecule has 28 heteroatoms. The number of esters is 1. The Morgan fingerprint density at radius 1 is 0.886 bits per heavy atom. The number of nitrogens with one attached hydrogen (secondary N) is 2. The summed E-state index contributed by atoms with van der Waals surface area (Å²) in [6.45, 7) is 1.83. The van der Waals surface area contributed by atoms with Crippen LogP contribution in [0.2, 0.25) is 0 Å². The van der Waals surface area contributed by atoms with Crippen molar-refractivity contribution in [1.82, 2.24) is 39.7 Å². The number of ether oxygens (including phenoxy) is 3. The van der Waals surface area contributed by atoms with Gasteiger partial charge in [-0.1, -0.05) is 66.7 Å². The number of allylic oxidation sites excluding steroid dienone is 1. The Labute approximate surface area is 397 Å². The molecule has 2 aliphatic rings. The first-order valence-electron chi connectivity index (χ1n) is 21.5. The maximum atomic E-state index is 14.5. The summed E-state index contributed by atoms with van der Waals surface area (Å²) in [7, 11) is -10.4. The van der Waals surface area contributed by atoms with E-state index in [1.807, 2.05) is 0 Å². The van der Waals surface area contributed by atoms with E-state index < -0.39 is 107 Å². The van der Waals surface area contributed by atoms with Crippen LogP contribution >= 0.6 is 15.6 Å². The maximum Gasteiger partial charge on any atom is 0.472 e. The molecule has 2 aromatic carbocycles. The molecule has 10 N–H and O–H groups in total. The predicted octanol–water partition coefficient (Wildman–Crippen LogP) is 0.738. The number of nitrogens with zero attached hydrogens (tertiary/aromatic N) is 6. The fourth-order valence-electron chi connectivity index (χ4n) is 7.69. The molecule has 0 aliphatic carbocycles. The molecule has 0 bridgehead atoms. The average molecular weight is 1010 g/mol. The number of carbonyl (C=O) groups excluding carboxylic acids is 3. The zero-order valence-electron chi connectivity index (χ0n) is 36.9. The van der Waals surface area contributed by atoms with Gasteiger partial charge in [-0.05, 0) is 23.6 Å². The van der Waals surface area contributed by atoms with Crippen molar-refractivity contribution in [3.63, 3.8) is 0 Å². The quantitative estimate of drug-likeness (QED) is 0.0269. The zero-order chi connectivity index (χ0) is 50.2. The number of phosphoric ester groups is 2. The molecule has 374 valence electrons. The van der Waals surface area contributed by atoms with Crippen molar-refractivity contribution >= 4 is 56.2 Å². The van der Waals surface area contributed by atoms with E-state index in [1.54, 1.807) is 66.7 Å². The highest BCUT2D eigenvalue weighted by Gasteiger charge is 2.50. The minimum atomic E-state index is -5.29. The molecule has 3 aromatic heterocycles. The normalized spacial score (nSPS) is 23.0. The Morgan fingerprint density at radius 2 is 1.56 bits per heavy atom. The summed E-state index contributed by atoms with van der Waals surface area (Å²) < 4.78 is 60.8. The number of hydrogen-bond acceptors (Lipinski definition) is 19. The number of rotatable bonds is 22. The number of anilines is 2. The fourth-order valence-corrected chi connectivity index (χ4v) is 8.99. The molecule has 2 amide bonds. The van der Waals surface area contributed by atoms with Gasteiger partial charge in [0, 0.05) is 31.9 Å². The van der Waals surface area contributed by atoms with Crippen LogP contribution in [-0.4, -0.2) is 122 Å². The van der Waals surface area contributed by atoms with Gasteiger partial charge < -0.3 is 56.1 Å². The van der Waals surface area contributed by atoms with Gasteiger partial charge in [-0.3, -0.25) is 32.3 Å². The summed E-state index contributed by atoms with van der Waals surface area (Å²) >= 11 is 0. The SMILES string of the molecule is C=CCCC(=O)N[C@@H](Cc1ccccc1)C(=O)N[C@@H](Cc1ccccc1)C(=O)OC1[C@@H](COP(=O)(O)OC2C[C@H](n3ccc(N)nc3=O)O[C@@H]2COP(=O)(O)O)O[C@@H](n2cnc3c(N)ncnc32)[C@H]1O. The van der Waals surface area contributed by atoms with Gasteiger partial charge in [-0.2, -0.15) is 4.98 Å². The second kappa shape index (κ2) is 22.6. The van der Waals surface area contributed by atoms with E-state index in [0.29, 0.717) is 17.5 Å². The van der Waals surface area contributed by atoms with Crippen LogP contribution in [0.1, 0.15) is 42.8 Å². The molecule has 0 spiro atoms. The first kappa shape index (κ1) is 51.6. The largest absolute Gasteiger partial charge is 0.472 e. The fraction of sp³-hybridized carbons (Fsp3) is 0.381. The van der Waals surface area contributed by atoms with E-state index in [9.17, 15) is 48.1 Å². The second-order valence-electron chi connectivity index (χ2n) is 16.0. The Balaban J connectivity index is 1.14. The lowest BCUT2D eigenvalue weighted by molar-refractivity contribution is -0.160. The van der Waals surface area contributed by atoms with Crippen molar-refractivity contribution in [2.45, 2.75) is 87.2 Å². The van der Waals surface area contributed by atoms with E-state index >= 15 is 0 Å². The number of aliphatic hydroxyl groups is 1. The Kier molecular flexibility index (Phi) is 16.7. The third kappa shape index (κ3) is 13.3. The van der Waals surface area contributed by atoms with Gasteiger partial charge >= 0.3 is 27.3 Å². The molecule has 5 aromatic rings. The van der Waals surface area contributed by atoms with Gasteiger partial charge in [0.25, 0.3) is 0 Å². The predicted molar refractivity (Wildman–Crippen MR) is 243 cm³/mol. The van der Waals surface area contributed by atoms with Crippen LogP contribution in [0, 0.1) is 0 Å². The van der Waals surface area contributed by atoms with Gasteiger partial charge in [0.05, 0.1) is 19.5 Å². The number of aliphatic hydroxyl groups excluding tert-OH is 1. The van der Waals surface area contributed by atoms with E-state index in [0.717, 1.165) is 10.9 Å². The third-order valence-electron chi connectivity index (χ3n) is 11.0.